The fourth-order valence-electron chi connectivity index (χ4n) is 3.84. The van der Waals surface area contributed by atoms with Crippen molar-refractivity contribution < 1.29 is 9.59 Å². The van der Waals surface area contributed by atoms with E-state index in [0.717, 1.165) is 45.8 Å². The maximum absolute atomic E-state index is 12.8. The maximum Gasteiger partial charge on any atom is 0.274 e. The van der Waals surface area contributed by atoms with E-state index < -0.39 is 0 Å². The number of benzene rings is 2. The number of aromatic nitrogens is 4. The summed E-state index contributed by atoms with van der Waals surface area (Å²) in [6, 6.07) is 11.8. The first kappa shape index (κ1) is 21.5. The number of aromatic amines is 2. The van der Waals surface area contributed by atoms with Crippen LogP contribution in [0.4, 0.5) is 0 Å². The molecule has 0 radical (unpaired) electrons. The molecule has 0 unspecified atom stereocenters. The first-order valence-corrected chi connectivity index (χ1v) is 10.8. The van der Waals surface area contributed by atoms with Crippen LogP contribution in [0.15, 0.2) is 36.4 Å². The number of carbonyl (C=O) groups is 2. The predicted molar refractivity (Wildman–Crippen MR) is 125 cm³/mol. The van der Waals surface area contributed by atoms with Gasteiger partial charge in [0.15, 0.2) is 11.4 Å². The first-order chi connectivity index (χ1) is 15.3. The molecule has 2 heterocycles. The molecule has 166 valence electrons. The summed E-state index contributed by atoms with van der Waals surface area (Å²) >= 11 is 0. The van der Waals surface area contributed by atoms with Crippen molar-refractivity contribution in [2.24, 2.45) is 0 Å². The molecule has 0 fully saturated rings. The number of aryl methyl sites for hydroxylation is 2. The minimum absolute atomic E-state index is 0.107. The monoisotopic (exact) mass is 432 g/mol. The molecule has 0 aliphatic rings. The van der Waals surface area contributed by atoms with E-state index in [9.17, 15) is 9.59 Å². The average molecular weight is 433 g/mol. The van der Waals surface area contributed by atoms with Gasteiger partial charge in [-0.25, -0.2) is 0 Å². The second-order valence-electron chi connectivity index (χ2n) is 8.40. The molecule has 0 aliphatic heterocycles. The van der Waals surface area contributed by atoms with Gasteiger partial charge in [-0.05, 0) is 51.0 Å². The van der Waals surface area contributed by atoms with E-state index in [1.807, 2.05) is 50.2 Å². The van der Waals surface area contributed by atoms with Crippen LogP contribution in [0.3, 0.4) is 0 Å². The molecule has 2 N–H and O–H groups in total. The average Bonchev–Trinajstić information content (AvgIpc) is 3.38. The summed E-state index contributed by atoms with van der Waals surface area (Å²) in [7, 11) is 3.57. The quantitative estimate of drug-likeness (QED) is 0.435. The molecule has 0 aliphatic carbocycles. The Morgan fingerprint density at radius 2 is 1.16 bits per heavy atom. The van der Waals surface area contributed by atoms with E-state index in [1.165, 1.54) is 0 Å². The van der Waals surface area contributed by atoms with Crippen LogP contribution >= 0.6 is 0 Å². The highest BCUT2D eigenvalue weighted by atomic mass is 16.2. The second-order valence-corrected chi connectivity index (χ2v) is 8.40. The Bertz CT molecular complexity index is 1190. The van der Waals surface area contributed by atoms with Crippen LogP contribution in [0, 0.1) is 13.8 Å². The van der Waals surface area contributed by atoms with E-state index in [-0.39, 0.29) is 11.8 Å². The molecule has 0 saturated carbocycles. The van der Waals surface area contributed by atoms with Crippen LogP contribution < -0.4 is 0 Å². The van der Waals surface area contributed by atoms with Gasteiger partial charge in [0, 0.05) is 38.0 Å². The van der Waals surface area contributed by atoms with E-state index in [4.69, 9.17) is 0 Å². The number of nitrogens with zero attached hydrogens (tertiary/aromatic N) is 4. The molecular weight excluding hydrogens is 404 g/mol. The van der Waals surface area contributed by atoms with Crippen molar-refractivity contribution in [3.05, 3.63) is 58.9 Å². The lowest BCUT2D eigenvalue weighted by molar-refractivity contribution is 0.0762. The Labute approximate surface area is 186 Å². The Kier molecular flexibility index (Phi) is 5.94. The summed E-state index contributed by atoms with van der Waals surface area (Å²) in [5, 5.41) is 16.0. The zero-order valence-corrected chi connectivity index (χ0v) is 18.9. The summed E-state index contributed by atoms with van der Waals surface area (Å²) in [5.74, 6) is -0.214. The van der Waals surface area contributed by atoms with E-state index in [1.54, 1.807) is 23.9 Å². The molecule has 0 saturated heterocycles. The van der Waals surface area contributed by atoms with Crippen LogP contribution in [0.25, 0.3) is 21.8 Å². The second kappa shape index (κ2) is 8.82. The molecule has 2 amide bonds. The molecule has 0 spiro atoms. The summed E-state index contributed by atoms with van der Waals surface area (Å²) in [4.78, 5) is 29.1. The first-order valence-electron chi connectivity index (χ1n) is 10.8. The lowest BCUT2D eigenvalue weighted by atomic mass is 10.1. The van der Waals surface area contributed by atoms with Gasteiger partial charge < -0.3 is 9.80 Å². The van der Waals surface area contributed by atoms with Crippen molar-refractivity contribution in [3.63, 3.8) is 0 Å². The minimum Gasteiger partial charge on any atom is -0.340 e. The lowest BCUT2D eigenvalue weighted by Crippen LogP contribution is -2.30. The topological polar surface area (TPSA) is 98.0 Å². The molecular formula is C24H28N6O2. The number of hydrogen-bond acceptors (Lipinski definition) is 4. The lowest BCUT2D eigenvalue weighted by Gasteiger charge is -2.19. The Balaban J connectivity index is 1.31. The van der Waals surface area contributed by atoms with Crippen LogP contribution in [0.2, 0.25) is 0 Å². The highest BCUT2D eigenvalue weighted by molar-refractivity contribution is 6.05. The van der Waals surface area contributed by atoms with E-state index in [2.05, 4.69) is 20.4 Å². The SMILES string of the molecule is Cc1ccc2[nH]nc(C(=O)N(C)CCCCN(C)C(=O)c3n[nH]c4ccc(C)cc34)c2c1. The van der Waals surface area contributed by atoms with Crippen molar-refractivity contribution in [2.45, 2.75) is 26.7 Å². The summed E-state index contributed by atoms with van der Waals surface area (Å²) < 4.78 is 0. The van der Waals surface area contributed by atoms with Crippen molar-refractivity contribution in [1.29, 1.82) is 0 Å². The highest BCUT2D eigenvalue weighted by Gasteiger charge is 2.20. The van der Waals surface area contributed by atoms with Crippen LogP contribution in [-0.4, -0.2) is 69.2 Å². The Hall–Kier alpha value is -3.68. The minimum atomic E-state index is -0.107. The third kappa shape index (κ3) is 4.21. The number of rotatable bonds is 7. The van der Waals surface area contributed by atoms with Gasteiger partial charge in [0.1, 0.15) is 0 Å². The molecule has 32 heavy (non-hydrogen) atoms. The smallest absolute Gasteiger partial charge is 0.274 e. The number of hydrogen-bond donors (Lipinski definition) is 2. The number of amides is 2. The van der Waals surface area contributed by atoms with Gasteiger partial charge in [0.05, 0.1) is 11.0 Å². The van der Waals surface area contributed by atoms with Gasteiger partial charge in [0.25, 0.3) is 11.8 Å². The van der Waals surface area contributed by atoms with Gasteiger partial charge in [0.2, 0.25) is 0 Å². The normalized spacial score (nSPS) is 11.2. The van der Waals surface area contributed by atoms with Crippen molar-refractivity contribution in [3.8, 4) is 0 Å². The summed E-state index contributed by atoms with van der Waals surface area (Å²) in [6.07, 6.45) is 1.56. The number of carbonyl (C=O) groups excluding carboxylic acids is 2. The maximum atomic E-state index is 12.8. The van der Waals surface area contributed by atoms with E-state index in [0.29, 0.717) is 24.5 Å². The van der Waals surface area contributed by atoms with Gasteiger partial charge in [-0.1, -0.05) is 23.3 Å². The van der Waals surface area contributed by atoms with Crippen LogP contribution in [0.5, 0.6) is 0 Å². The number of fused-ring (bicyclic) bond motifs is 2. The zero-order valence-electron chi connectivity index (χ0n) is 18.9. The van der Waals surface area contributed by atoms with Crippen LogP contribution in [-0.2, 0) is 0 Å². The molecule has 8 heteroatoms. The number of unbranched alkanes of at least 4 members (excludes halogenated alkanes) is 1. The van der Waals surface area contributed by atoms with Crippen molar-refractivity contribution >= 4 is 33.6 Å². The molecule has 8 nitrogen and oxygen atoms in total. The van der Waals surface area contributed by atoms with Gasteiger partial charge >= 0.3 is 0 Å². The van der Waals surface area contributed by atoms with Crippen molar-refractivity contribution in [1.82, 2.24) is 30.2 Å². The zero-order chi connectivity index (χ0) is 22.8. The fourth-order valence-corrected chi connectivity index (χ4v) is 3.84. The number of nitrogens with one attached hydrogen (secondary N) is 2. The third-order valence-electron chi connectivity index (χ3n) is 5.77. The Morgan fingerprint density at radius 3 is 1.56 bits per heavy atom. The molecule has 4 rings (SSSR count). The Morgan fingerprint density at radius 1 is 0.750 bits per heavy atom. The predicted octanol–water partition coefficient (Wildman–Crippen LogP) is 3.68. The fraction of sp³-hybridized carbons (Fsp3) is 0.333. The highest BCUT2D eigenvalue weighted by Crippen LogP contribution is 2.20. The van der Waals surface area contributed by atoms with E-state index >= 15 is 0 Å². The van der Waals surface area contributed by atoms with Crippen LogP contribution in [0.1, 0.15) is 44.9 Å². The van der Waals surface area contributed by atoms with Gasteiger partial charge in [-0.2, -0.15) is 10.2 Å². The summed E-state index contributed by atoms with van der Waals surface area (Å²) in [5.41, 5.74) is 4.77. The van der Waals surface area contributed by atoms with Gasteiger partial charge in [-0.15, -0.1) is 0 Å². The molecule has 0 atom stereocenters. The summed E-state index contributed by atoms with van der Waals surface area (Å²) in [6.45, 7) is 5.17. The standard InChI is InChI=1S/C24H28N6O2/c1-15-7-9-19-17(13-15)21(27-25-19)23(31)29(3)11-5-6-12-30(4)24(32)22-18-14-16(2)8-10-20(18)26-28-22/h7-10,13-14H,5-6,11-12H2,1-4H3,(H,25,27)(H,26,28). The molecule has 2 aromatic carbocycles. The largest absolute Gasteiger partial charge is 0.340 e. The molecule has 4 aromatic rings. The third-order valence-corrected chi connectivity index (χ3v) is 5.77. The molecule has 0 bridgehead atoms. The number of H-pyrrole nitrogens is 2. The molecule has 2 aromatic heterocycles. The van der Waals surface area contributed by atoms with Gasteiger partial charge in [-0.3, -0.25) is 19.8 Å². The van der Waals surface area contributed by atoms with Crippen molar-refractivity contribution in [2.75, 3.05) is 27.2 Å².